The molecule has 0 rings (SSSR count). The Bertz CT molecular complexity index is 334. The van der Waals surface area contributed by atoms with Gasteiger partial charge in [0, 0.05) is 26.2 Å². The second-order valence-electron chi connectivity index (χ2n) is 4.06. The molecule has 0 aliphatic heterocycles. The van der Waals surface area contributed by atoms with E-state index in [4.69, 9.17) is 0 Å². The molecule has 0 saturated heterocycles. The summed E-state index contributed by atoms with van der Waals surface area (Å²) in [5.74, 6) is 0.797. The van der Waals surface area contributed by atoms with Crippen molar-refractivity contribution in [3.8, 4) is 0 Å². The standard InChI is InChI=1S/C11H26N4O2S.HI/c1-4-6-8-13-11(12-5-2)14-9-7-10-15-18(3,16)17;/h15H,4-10H2,1-3H3,(H2,12,13,14);1H. The first kappa shape index (κ1) is 21.2. The van der Waals surface area contributed by atoms with Crippen LogP contribution in [0.4, 0.5) is 0 Å². The van der Waals surface area contributed by atoms with Gasteiger partial charge in [-0.05, 0) is 19.8 Å². The van der Waals surface area contributed by atoms with Crippen LogP contribution in [-0.2, 0) is 10.0 Å². The number of unbranched alkanes of at least 4 members (excludes halogenated alkanes) is 1. The van der Waals surface area contributed by atoms with E-state index >= 15 is 0 Å². The summed E-state index contributed by atoms with van der Waals surface area (Å²) >= 11 is 0. The molecule has 0 radical (unpaired) electrons. The Morgan fingerprint density at radius 2 is 1.79 bits per heavy atom. The van der Waals surface area contributed by atoms with Crippen molar-refractivity contribution in [2.75, 3.05) is 32.4 Å². The highest BCUT2D eigenvalue weighted by Crippen LogP contribution is 1.85. The van der Waals surface area contributed by atoms with Crippen molar-refractivity contribution in [3.05, 3.63) is 0 Å². The smallest absolute Gasteiger partial charge is 0.208 e. The third-order valence-corrected chi connectivity index (χ3v) is 2.86. The van der Waals surface area contributed by atoms with E-state index in [-0.39, 0.29) is 24.0 Å². The van der Waals surface area contributed by atoms with Crippen molar-refractivity contribution in [3.63, 3.8) is 0 Å². The Balaban J connectivity index is 0. The van der Waals surface area contributed by atoms with E-state index in [1.165, 1.54) is 0 Å². The van der Waals surface area contributed by atoms with E-state index in [2.05, 4.69) is 27.3 Å². The third-order valence-electron chi connectivity index (χ3n) is 2.14. The number of hydrogen-bond acceptors (Lipinski definition) is 3. The number of guanidine groups is 1. The van der Waals surface area contributed by atoms with Gasteiger partial charge < -0.3 is 10.6 Å². The van der Waals surface area contributed by atoms with Crippen molar-refractivity contribution >= 4 is 40.0 Å². The molecule has 0 fully saturated rings. The third kappa shape index (κ3) is 15.9. The molecule has 116 valence electrons. The topological polar surface area (TPSA) is 82.6 Å². The maximum Gasteiger partial charge on any atom is 0.208 e. The Morgan fingerprint density at radius 3 is 2.32 bits per heavy atom. The molecule has 19 heavy (non-hydrogen) atoms. The minimum Gasteiger partial charge on any atom is -0.357 e. The lowest BCUT2D eigenvalue weighted by Crippen LogP contribution is -2.38. The number of rotatable bonds is 9. The van der Waals surface area contributed by atoms with Gasteiger partial charge in [0.1, 0.15) is 0 Å². The van der Waals surface area contributed by atoms with Gasteiger partial charge >= 0.3 is 0 Å². The van der Waals surface area contributed by atoms with E-state index in [1.54, 1.807) is 0 Å². The van der Waals surface area contributed by atoms with E-state index < -0.39 is 10.0 Å². The van der Waals surface area contributed by atoms with Crippen molar-refractivity contribution in [1.29, 1.82) is 0 Å². The Hall–Kier alpha value is -0.0900. The second kappa shape index (κ2) is 12.9. The summed E-state index contributed by atoms with van der Waals surface area (Å²) in [6.07, 6.45) is 4.11. The quantitative estimate of drug-likeness (QED) is 0.230. The van der Waals surface area contributed by atoms with E-state index in [9.17, 15) is 8.42 Å². The fourth-order valence-corrected chi connectivity index (χ4v) is 1.77. The van der Waals surface area contributed by atoms with Gasteiger partial charge in [-0.2, -0.15) is 0 Å². The maximum atomic E-state index is 10.8. The lowest BCUT2D eigenvalue weighted by Gasteiger charge is -2.10. The van der Waals surface area contributed by atoms with Gasteiger partial charge in [-0.25, -0.2) is 13.1 Å². The van der Waals surface area contributed by atoms with Gasteiger partial charge in [0.25, 0.3) is 0 Å². The molecule has 3 N–H and O–H groups in total. The predicted molar refractivity (Wildman–Crippen MR) is 91.8 cm³/mol. The average Bonchev–Trinajstić information content (AvgIpc) is 2.27. The van der Waals surface area contributed by atoms with E-state index in [0.717, 1.165) is 38.1 Å². The second-order valence-corrected chi connectivity index (χ2v) is 5.89. The van der Waals surface area contributed by atoms with Crippen LogP contribution in [0, 0.1) is 0 Å². The number of aliphatic imine (C=N–C) groups is 1. The molecule has 8 heteroatoms. The van der Waals surface area contributed by atoms with Crippen LogP contribution in [0.2, 0.25) is 0 Å². The molecule has 0 atom stereocenters. The summed E-state index contributed by atoms with van der Waals surface area (Å²) in [5, 5.41) is 6.38. The molecule has 0 aromatic carbocycles. The fraction of sp³-hybridized carbons (Fsp3) is 0.909. The minimum absolute atomic E-state index is 0. The van der Waals surface area contributed by atoms with Gasteiger partial charge in [0.15, 0.2) is 5.96 Å². The van der Waals surface area contributed by atoms with Crippen LogP contribution in [0.5, 0.6) is 0 Å². The number of hydrogen-bond donors (Lipinski definition) is 3. The highest BCUT2D eigenvalue weighted by atomic mass is 127. The van der Waals surface area contributed by atoms with E-state index in [1.807, 2.05) is 6.92 Å². The molecule has 0 saturated carbocycles. The van der Waals surface area contributed by atoms with Crippen molar-refractivity contribution in [2.24, 2.45) is 4.99 Å². The molecule has 0 aromatic heterocycles. The van der Waals surface area contributed by atoms with Gasteiger partial charge in [0.05, 0.1) is 6.26 Å². The summed E-state index contributed by atoms with van der Waals surface area (Å²) in [5.41, 5.74) is 0. The normalized spacial score (nSPS) is 11.8. The minimum atomic E-state index is -3.08. The molecule has 0 aliphatic rings. The summed E-state index contributed by atoms with van der Waals surface area (Å²) in [6.45, 7) is 6.91. The summed E-state index contributed by atoms with van der Waals surface area (Å²) in [6, 6.07) is 0. The van der Waals surface area contributed by atoms with Crippen molar-refractivity contribution < 1.29 is 8.42 Å². The highest BCUT2D eigenvalue weighted by Gasteiger charge is 1.99. The summed E-state index contributed by atoms with van der Waals surface area (Å²) < 4.78 is 24.1. The molecular weight excluding hydrogens is 379 g/mol. The monoisotopic (exact) mass is 406 g/mol. The predicted octanol–water partition coefficient (Wildman–Crippen LogP) is 0.899. The van der Waals surface area contributed by atoms with Gasteiger partial charge in [0.2, 0.25) is 10.0 Å². The SMILES string of the molecule is CCCCNC(=NCCCNS(C)(=O)=O)NCC.I. The first-order valence-corrected chi connectivity index (χ1v) is 8.35. The first-order valence-electron chi connectivity index (χ1n) is 6.46. The lowest BCUT2D eigenvalue weighted by molar-refractivity contribution is 0.585. The van der Waals surface area contributed by atoms with Crippen LogP contribution in [0.25, 0.3) is 0 Å². The van der Waals surface area contributed by atoms with Crippen molar-refractivity contribution in [2.45, 2.75) is 33.1 Å². The Labute approximate surface area is 134 Å². The molecule has 0 aromatic rings. The van der Waals surface area contributed by atoms with Crippen LogP contribution in [0.15, 0.2) is 4.99 Å². The van der Waals surface area contributed by atoms with Crippen LogP contribution >= 0.6 is 24.0 Å². The zero-order valence-electron chi connectivity index (χ0n) is 12.0. The number of nitrogens with one attached hydrogen (secondary N) is 3. The van der Waals surface area contributed by atoms with Crippen LogP contribution in [0.3, 0.4) is 0 Å². The lowest BCUT2D eigenvalue weighted by atomic mass is 10.3. The van der Waals surface area contributed by atoms with Crippen LogP contribution < -0.4 is 15.4 Å². The largest absolute Gasteiger partial charge is 0.357 e. The molecule has 6 nitrogen and oxygen atoms in total. The summed E-state index contributed by atoms with van der Waals surface area (Å²) in [7, 11) is -3.08. The number of nitrogens with zero attached hydrogens (tertiary/aromatic N) is 1. The number of sulfonamides is 1. The van der Waals surface area contributed by atoms with Crippen LogP contribution in [0.1, 0.15) is 33.1 Å². The average molecular weight is 406 g/mol. The molecule has 0 bridgehead atoms. The van der Waals surface area contributed by atoms with Crippen molar-refractivity contribution in [1.82, 2.24) is 15.4 Å². The fourth-order valence-electron chi connectivity index (χ4n) is 1.25. The highest BCUT2D eigenvalue weighted by molar-refractivity contribution is 14.0. The molecule has 0 heterocycles. The zero-order chi connectivity index (χ0) is 13.9. The zero-order valence-corrected chi connectivity index (χ0v) is 15.2. The molecular formula is C11H27IN4O2S. The molecule has 0 amide bonds. The Morgan fingerprint density at radius 1 is 1.11 bits per heavy atom. The van der Waals surface area contributed by atoms with E-state index in [0.29, 0.717) is 19.5 Å². The van der Waals surface area contributed by atoms with Gasteiger partial charge in [-0.15, -0.1) is 24.0 Å². The Kier molecular flexibility index (Phi) is 14.4. The first-order chi connectivity index (χ1) is 8.49. The molecule has 0 spiro atoms. The molecule has 0 unspecified atom stereocenters. The number of halogens is 1. The van der Waals surface area contributed by atoms with Gasteiger partial charge in [-0.3, -0.25) is 4.99 Å². The van der Waals surface area contributed by atoms with Crippen LogP contribution in [-0.4, -0.2) is 46.8 Å². The maximum absolute atomic E-state index is 10.8. The molecule has 0 aliphatic carbocycles. The summed E-state index contributed by atoms with van der Waals surface area (Å²) in [4.78, 5) is 4.36. The van der Waals surface area contributed by atoms with Gasteiger partial charge in [-0.1, -0.05) is 13.3 Å².